The fraction of sp³-hybridized carbons (Fsp3) is 0.250. The molecule has 0 aromatic heterocycles. The highest BCUT2D eigenvalue weighted by Gasteiger charge is 2.07. The molecule has 0 aliphatic heterocycles. The lowest BCUT2D eigenvalue weighted by atomic mass is 10.1. The molecule has 1 atom stereocenters. The van der Waals surface area contributed by atoms with Crippen LogP contribution in [0.2, 0.25) is 5.02 Å². The van der Waals surface area contributed by atoms with Gasteiger partial charge in [-0.05, 0) is 30.7 Å². The van der Waals surface area contributed by atoms with Crippen molar-refractivity contribution in [1.82, 2.24) is 5.43 Å². The molecule has 1 unspecified atom stereocenters. The second kappa shape index (κ2) is 4.23. The molecule has 2 nitrogen and oxygen atoms in total. The van der Waals surface area contributed by atoms with Gasteiger partial charge in [-0.3, -0.25) is 11.3 Å². The van der Waals surface area contributed by atoms with Crippen LogP contribution in [0.1, 0.15) is 18.5 Å². The Bertz CT molecular complexity index is 278. The van der Waals surface area contributed by atoms with Gasteiger partial charge in [0.15, 0.2) is 0 Å². The van der Waals surface area contributed by atoms with Gasteiger partial charge in [-0.25, -0.2) is 0 Å². The Hall–Kier alpha value is -0.0900. The van der Waals surface area contributed by atoms with Gasteiger partial charge < -0.3 is 0 Å². The molecule has 4 heteroatoms. The first-order valence-corrected chi connectivity index (χ1v) is 4.73. The van der Waals surface area contributed by atoms with Crippen molar-refractivity contribution in [3.63, 3.8) is 0 Å². The topological polar surface area (TPSA) is 38.0 Å². The molecular weight excluding hydrogens is 239 g/mol. The van der Waals surface area contributed by atoms with Crippen molar-refractivity contribution < 1.29 is 0 Å². The highest BCUT2D eigenvalue weighted by Crippen LogP contribution is 2.25. The summed E-state index contributed by atoms with van der Waals surface area (Å²) < 4.78 is 1.01. The molecule has 3 N–H and O–H groups in total. The van der Waals surface area contributed by atoms with Gasteiger partial charge in [0, 0.05) is 15.5 Å². The predicted octanol–water partition coefficient (Wildman–Crippen LogP) is 2.63. The molecule has 66 valence electrons. The predicted molar refractivity (Wildman–Crippen MR) is 54.9 cm³/mol. The van der Waals surface area contributed by atoms with Crippen LogP contribution in [-0.2, 0) is 0 Å². The summed E-state index contributed by atoms with van der Waals surface area (Å²) in [6, 6.07) is 5.72. The van der Waals surface area contributed by atoms with Crippen LogP contribution in [0.4, 0.5) is 0 Å². The summed E-state index contributed by atoms with van der Waals surface area (Å²) in [5, 5.41) is 0.718. The number of benzene rings is 1. The Labute approximate surface area is 85.2 Å². The lowest BCUT2D eigenvalue weighted by Gasteiger charge is -2.12. The molecule has 1 aromatic carbocycles. The second-order valence-corrected chi connectivity index (χ2v) is 3.84. The lowest BCUT2D eigenvalue weighted by Crippen LogP contribution is -2.25. The van der Waals surface area contributed by atoms with E-state index in [2.05, 4.69) is 21.4 Å². The maximum Gasteiger partial charge on any atom is 0.0443 e. The third kappa shape index (κ3) is 2.20. The van der Waals surface area contributed by atoms with E-state index in [1.165, 1.54) is 0 Å². The first-order valence-electron chi connectivity index (χ1n) is 3.56. The standard InChI is InChI=1S/C8H10BrClN2/c1-5(12-11)7-4-6(10)2-3-8(7)9/h2-5,12H,11H2,1H3. The van der Waals surface area contributed by atoms with Gasteiger partial charge in [0.05, 0.1) is 0 Å². The van der Waals surface area contributed by atoms with Crippen LogP contribution in [0.5, 0.6) is 0 Å². The SMILES string of the molecule is CC(NN)c1cc(Cl)ccc1Br. The van der Waals surface area contributed by atoms with Crippen molar-refractivity contribution in [2.45, 2.75) is 13.0 Å². The maximum absolute atomic E-state index is 5.83. The lowest BCUT2D eigenvalue weighted by molar-refractivity contribution is 0.600. The average molecular weight is 250 g/mol. The monoisotopic (exact) mass is 248 g/mol. The molecule has 0 saturated heterocycles. The molecule has 0 saturated carbocycles. The van der Waals surface area contributed by atoms with Gasteiger partial charge in [0.2, 0.25) is 0 Å². The van der Waals surface area contributed by atoms with E-state index in [0.717, 1.165) is 15.1 Å². The number of hydrazine groups is 1. The van der Waals surface area contributed by atoms with Gasteiger partial charge in [0.1, 0.15) is 0 Å². The minimum atomic E-state index is 0.0954. The molecule has 1 rings (SSSR count). The third-order valence-corrected chi connectivity index (χ3v) is 2.63. The second-order valence-electron chi connectivity index (χ2n) is 2.55. The van der Waals surface area contributed by atoms with Crippen molar-refractivity contribution in [2.75, 3.05) is 0 Å². The summed E-state index contributed by atoms with van der Waals surface area (Å²) >= 11 is 9.25. The zero-order valence-electron chi connectivity index (χ0n) is 6.64. The zero-order valence-corrected chi connectivity index (χ0v) is 8.98. The van der Waals surface area contributed by atoms with E-state index in [1.807, 2.05) is 25.1 Å². The zero-order chi connectivity index (χ0) is 9.14. The van der Waals surface area contributed by atoms with Gasteiger partial charge in [0.25, 0.3) is 0 Å². The molecular formula is C8H10BrClN2. The number of halogens is 2. The van der Waals surface area contributed by atoms with Gasteiger partial charge in [-0.1, -0.05) is 27.5 Å². The van der Waals surface area contributed by atoms with E-state index >= 15 is 0 Å². The summed E-state index contributed by atoms with van der Waals surface area (Å²) in [4.78, 5) is 0. The van der Waals surface area contributed by atoms with Crippen LogP contribution in [-0.4, -0.2) is 0 Å². The Morgan fingerprint density at radius 2 is 2.25 bits per heavy atom. The molecule has 1 aromatic rings. The third-order valence-electron chi connectivity index (χ3n) is 1.67. The summed E-state index contributed by atoms with van der Waals surface area (Å²) in [7, 11) is 0. The summed E-state index contributed by atoms with van der Waals surface area (Å²) in [6.07, 6.45) is 0. The van der Waals surface area contributed by atoms with Gasteiger partial charge in [-0.15, -0.1) is 0 Å². The van der Waals surface area contributed by atoms with E-state index in [9.17, 15) is 0 Å². The summed E-state index contributed by atoms with van der Waals surface area (Å²) in [5.41, 5.74) is 3.72. The molecule has 0 aliphatic carbocycles. The average Bonchev–Trinajstić information content (AvgIpc) is 2.08. The minimum absolute atomic E-state index is 0.0954. The minimum Gasteiger partial charge on any atom is -0.271 e. The van der Waals surface area contributed by atoms with Crippen molar-refractivity contribution >= 4 is 27.5 Å². The van der Waals surface area contributed by atoms with Crippen LogP contribution >= 0.6 is 27.5 Å². The van der Waals surface area contributed by atoms with Crippen LogP contribution in [0, 0.1) is 0 Å². The van der Waals surface area contributed by atoms with Crippen molar-refractivity contribution in [2.24, 2.45) is 5.84 Å². The highest BCUT2D eigenvalue weighted by molar-refractivity contribution is 9.10. The van der Waals surface area contributed by atoms with Crippen molar-refractivity contribution in [3.8, 4) is 0 Å². The Morgan fingerprint density at radius 3 is 2.83 bits per heavy atom. The van der Waals surface area contributed by atoms with Gasteiger partial charge >= 0.3 is 0 Å². The van der Waals surface area contributed by atoms with Crippen molar-refractivity contribution in [3.05, 3.63) is 33.3 Å². The molecule has 0 radical (unpaired) electrons. The fourth-order valence-electron chi connectivity index (χ4n) is 0.936. The number of hydrogen-bond donors (Lipinski definition) is 2. The van der Waals surface area contributed by atoms with E-state index in [-0.39, 0.29) is 6.04 Å². The molecule has 0 amide bonds. The Morgan fingerprint density at radius 1 is 1.58 bits per heavy atom. The maximum atomic E-state index is 5.83. The molecule has 12 heavy (non-hydrogen) atoms. The normalized spacial score (nSPS) is 13.0. The summed E-state index contributed by atoms with van der Waals surface area (Å²) in [5.74, 6) is 5.31. The number of hydrogen-bond acceptors (Lipinski definition) is 2. The smallest absolute Gasteiger partial charge is 0.0443 e. The molecule has 0 spiro atoms. The Kier molecular flexibility index (Phi) is 3.53. The van der Waals surface area contributed by atoms with Gasteiger partial charge in [-0.2, -0.15) is 0 Å². The number of rotatable bonds is 2. The van der Waals surface area contributed by atoms with Crippen LogP contribution in [0.25, 0.3) is 0 Å². The first kappa shape index (κ1) is 9.99. The quantitative estimate of drug-likeness (QED) is 0.625. The van der Waals surface area contributed by atoms with E-state index < -0.39 is 0 Å². The largest absolute Gasteiger partial charge is 0.271 e. The van der Waals surface area contributed by atoms with E-state index in [0.29, 0.717) is 0 Å². The van der Waals surface area contributed by atoms with E-state index in [4.69, 9.17) is 17.4 Å². The molecule has 0 bridgehead atoms. The van der Waals surface area contributed by atoms with Crippen LogP contribution < -0.4 is 11.3 Å². The molecule has 0 heterocycles. The van der Waals surface area contributed by atoms with Crippen LogP contribution in [0.15, 0.2) is 22.7 Å². The summed E-state index contributed by atoms with van der Waals surface area (Å²) in [6.45, 7) is 1.97. The highest BCUT2D eigenvalue weighted by atomic mass is 79.9. The van der Waals surface area contributed by atoms with E-state index in [1.54, 1.807) is 0 Å². The molecule has 0 fully saturated rings. The molecule has 0 aliphatic rings. The Balaban J connectivity index is 3.04. The number of nitrogens with one attached hydrogen (secondary N) is 1. The van der Waals surface area contributed by atoms with Crippen LogP contribution in [0.3, 0.4) is 0 Å². The fourth-order valence-corrected chi connectivity index (χ4v) is 1.71. The van der Waals surface area contributed by atoms with Crippen molar-refractivity contribution in [1.29, 1.82) is 0 Å². The first-order chi connectivity index (χ1) is 5.65. The number of nitrogens with two attached hydrogens (primary N) is 1.